The topological polar surface area (TPSA) is 79.8 Å². The Morgan fingerprint density at radius 2 is 1.72 bits per heavy atom. The first-order valence-electron chi connectivity index (χ1n) is 8.60. The van der Waals surface area contributed by atoms with E-state index in [0.717, 1.165) is 18.0 Å². The molecule has 0 saturated carbocycles. The Labute approximate surface area is 165 Å². The number of methoxy groups -OCH3 is 1. The first-order valence-corrected chi connectivity index (χ1v) is 10.1. The van der Waals surface area contributed by atoms with Gasteiger partial charge in [0.15, 0.2) is 5.03 Å². The van der Waals surface area contributed by atoms with E-state index in [1.165, 1.54) is 11.0 Å². The molecule has 156 valence electrons. The van der Waals surface area contributed by atoms with E-state index in [-0.39, 0.29) is 13.1 Å². The standard InChI is InChI=1S/C18H18F3N3O4S/c1-28-15-7-3-2-6-14(15)23-9-11-24(12-10-23)17(25)13-5-4-8-22-16(13)29(26,27)18(19,20)21/h2-8H,9-12H2,1H3. The van der Waals surface area contributed by atoms with Crippen molar-refractivity contribution in [1.29, 1.82) is 0 Å². The first kappa shape index (κ1) is 20.9. The van der Waals surface area contributed by atoms with Crippen molar-refractivity contribution in [3.8, 4) is 5.75 Å². The Bertz CT molecular complexity index is 1000. The zero-order chi connectivity index (χ0) is 21.2. The van der Waals surface area contributed by atoms with Crippen molar-refractivity contribution < 1.29 is 31.1 Å². The molecular weight excluding hydrogens is 411 g/mol. The number of hydrogen-bond donors (Lipinski definition) is 0. The van der Waals surface area contributed by atoms with Crippen LogP contribution in [0.1, 0.15) is 10.4 Å². The molecule has 1 saturated heterocycles. The minimum Gasteiger partial charge on any atom is -0.495 e. The SMILES string of the molecule is COc1ccccc1N1CCN(C(=O)c2cccnc2S(=O)(=O)C(F)(F)F)CC1. The summed E-state index contributed by atoms with van der Waals surface area (Å²) in [6.07, 6.45) is 0.912. The smallest absolute Gasteiger partial charge is 0.495 e. The van der Waals surface area contributed by atoms with Gasteiger partial charge in [0.2, 0.25) is 0 Å². The van der Waals surface area contributed by atoms with Gasteiger partial charge in [0.1, 0.15) is 5.75 Å². The highest BCUT2D eigenvalue weighted by molar-refractivity contribution is 7.92. The van der Waals surface area contributed by atoms with Gasteiger partial charge < -0.3 is 14.5 Å². The second-order valence-electron chi connectivity index (χ2n) is 6.26. The van der Waals surface area contributed by atoms with Crippen LogP contribution < -0.4 is 9.64 Å². The summed E-state index contributed by atoms with van der Waals surface area (Å²) in [4.78, 5) is 19.4. The molecule has 3 rings (SSSR count). The third-order valence-corrected chi connectivity index (χ3v) is 6.00. The fraction of sp³-hybridized carbons (Fsp3) is 0.333. The fourth-order valence-corrected chi connectivity index (χ4v) is 3.95. The van der Waals surface area contributed by atoms with Gasteiger partial charge >= 0.3 is 5.51 Å². The number of amides is 1. The van der Waals surface area contributed by atoms with Crippen LogP contribution in [0.3, 0.4) is 0 Å². The van der Waals surface area contributed by atoms with Crippen LogP contribution in [0.25, 0.3) is 0 Å². The number of piperazine rings is 1. The Hall–Kier alpha value is -2.82. The molecule has 1 aromatic carbocycles. The summed E-state index contributed by atoms with van der Waals surface area (Å²) in [7, 11) is -4.19. The number of rotatable bonds is 4. The number of halogens is 3. The minimum absolute atomic E-state index is 0.206. The van der Waals surface area contributed by atoms with Gasteiger partial charge in [-0.25, -0.2) is 13.4 Å². The summed E-state index contributed by atoms with van der Waals surface area (Å²) < 4.78 is 67.7. The van der Waals surface area contributed by atoms with Crippen molar-refractivity contribution in [1.82, 2.24) is 9.88 Å². The lowest BCUT2D eigenvalue weighted by atomic mass is 10.2. The molecule has 1 aliphatic heterocycles. The Kier molecular flexibility index (Phi) is 5.69. The molecular formula is C18H18F3N3O4S. The van der Waals surface area contributed by atoms with Crippen LogP contribution in [0.4, 0.5) is 18.9 Å². The molecule has 1 aliphatic rings. The molecule has 0 atom stereocenters. The Morgan fingerprint density at radius 1 is 1.07 bits per heavy atom. The summed E-state index contributed by atoms with van der Waals surface area (Å²) >= 11 is 0. The second-order valence-corrected chi connectivity index (χ2v) is 8.11. The van der Waals surface area contributed by atoms with E-state index < -0.39 is 31.8 Å². The van der Waals surface area contributed by atoms with Gasteiger partial charge in [0, 0.05) is 32.4 Å². The van der Waals surface area contributed by atoms with Crippen LogP contribution in [0.15, 0.2) is 47.6 Å². The van der Waals surface area contributed by atoms with E-state index in [2.05, 4.69) is 4.98 Å². The molecule has 1 fully saturated rings. The normalized spacial score (nSPS) is 15.3. The number of alkyl halides is 3. The molecule has 7 nitrogen and oxygen atoms in total. The molecule has 11 heteroatoms. The van der Waals surface area contributed by atoms with Gasteiger partial charge in [-0.2, -0.15) is 13.2 Å². The number of carbonyl (C=O) groups excluding carboxylic acids is 1. The van der Waals surface area contributed by atoms with E-state index in [1.54, 1.807) is 13.2 Å². The zero-order valence-electron chi connectivity index (χ0n) is 15.4. The number of benzene rings is 1. The van der Waals surface area contributed by atoms with Crippen LogP contribution in [-0.4, -0.2) is 63.0 Å². The van der Waals surface area contributed by atoms with Crippen LogP contribution in [0.5, 0.6) is 5.75 Å². The van der Waals surface area contributed by atoms with Gasteiger partial charge in [-0.15, -0.1) is 0 Å². The lowest BCUT2D eigenvalue weighted by molar-refractivity contribution is -0.0438. The zero-order valence-corrected chi connectivity index (χ0v) is 16.2. The number of anilines is 1. The van der Waals surface area contributed by atoms with E-state index in [4.69, 9.17) is 4.74 Å². The van der Waals surface area contributed by atoms with E-state index in [1.807, 2.05) is 23.1 Å². The Morgan fingerprint density at radius 3 is 2.34 bits per heavy atom. The average Bonchev–Trinajstić information content (AvgIpc) is 2.72. The van der Waals surface area contributed by atoms with Gasteiger partial charge in [-0.3, -0.25) is 4.79 Å². The van der Waals surface area contributed by atoms with Gasteiger partial charge in [0.25, 0.3) is 15.7 Å². The molecule has 0 aliphatic carbocycles. The van der Waals surface area contributed by atoms with Crippen molar-refractivity contribution in [3.63, 3.8) is 0 Å². The molecule has 0 spiro atoms. The molecule has 29 heavy (non-hydrogen) atoms. The molecule has 2 heterocycles. The maximum Gasteiger partial charge on any atom is 0.503 e. The molecule has 0 bridgehead atoms. The molecule has 0 unspecified atom stereocenters. The summed E-state index contributed by atoms with van der Waals surface area (Å²) in [5.74, 6) is -0.140. The lowest BCUT2D eigenvalue weighted by Crippen LogP contribution is -2.49. The van der Waals surface area contributed by atoms with Crippen molar-refractivity contribution in [2.24, 2.45) is 0 Å². The predicted molar refractivity (Wildman–Crippen MR) is 98.6 cm³/mol. The van der Waals surface area contributed by atoms with Gasteiger partial charge in [0.05, 0.1) is 18.4 Å². The molecule has 1 amide bonds. The quantitative estimate of drug-likeness (QED) is 0.743. The molecule has 2 aromatic rings. The minimum atomic E-state index is -5.74. The van der Waals surface area contributed by atoms with Crippen molar-refractivity contribution in [3.05, 3.63) is 48.2 Å². The molecule has 1 aromatic heterocycles. The van der Waals surface area contributed by atoms with Crippen LogP contribution in [0, 0.1) is 0 Å². The fourth-order valence-electron chi connectivity index (χ4n) is 3.09. The summed E-state index contributed by atoms with van der Waals surface area (Å²) in [6.45, 7) is 1.23. The first-order chi connectivity index (χ1) is 13.7. The summed E-state index contributed by atoms with van der Waals surface area (Å²) in [5, 5.41) is -1.27. The maximum absolute atomic E-state index is 12.9. The number of pyridine rings is 1. The van der Waals surface area contributed by atoms with Crippen molar-refractivity contribution >= 4 is 21.4 Å². The third kappa shape index (κ3) is 4.00. The summed E-state index contributed by atoms with van der Waals surface area (Å²) in [6, 6.07) is 9.61. The van der Waals surface area contributed by atoms with E-state index in [0.29, 0.717) is 18.8 Å². The van der Waals surface area contributed by atoms with Gasteiger partial charge in [-0.1, -0.05) is 12.1 Å². The monoisotopic (exact) mass is 429 g/mol. The highest BCUT2D eigenvalue weighted by atomic mass is 32.2. The number of carbonyl (C=O) groups is 1. The maximum atomic E-state index is 12.9. The average molecular weight is 429 g/mol. The highest BCUT2D eigenvalue weighted by Crippen LogP contribution is 2.32. The van der Waals surface area contributed by atoms with E-state index >= 15 is 0 Å². The number of sulfone groups is 1. The van der Waals surface area contributed by atoms with Crippen LogP contribution in [0.2, 0.25) is 0 Å². The lowest BCUT2D eigenvalue weighted by Gasteiger charge is -2.36. The summed E-state index contributed by atoms with van der Waals surface area (Å²) in [5.41, 5.74) is -5.29. The second kappa shape index (κ2) is 7.90. The predicted octanol–water partition coefficient (Wildman–Crippen LogP) is 2.35. The van der Waals surface area contributed by atoms with Crippen molar-refractivity contribution in [2.75, 3.05) is 38.2 Å². The molecule has 0 N–H and O–H groups in total. The van der Waals surface area contributed by atoms with Crippen molar-refractivity contribution in [2.45, 2.75) is 10.5 Å². The largest absolute Gasteiger partial charge is 0.503 e. The number of para-hydroxylation sites is 2. The van der Waals surface area contributed by atoms with E-state index in [9.17, 15) is 26.4 Å². The highest BCUT2D eigenvalue weighted by Gasteiger charge is 2.49. The number of hydrogen-bond acceptors (Lipinski definition) is 6. The number of nitrogens with zero attached hydrogens (tertiary/aromatic N) is 3. The third-order valence-electron chi connectivity index (χ3n) is 4.55. The van der Waals surface area contributed by atoms with Gasteiger partial charge in [-0.05, 0) is 24.3 Å². The van der Waals surface area contributed by atoms with Crippen LogP contribution >= 0.6 is 0 Å². The Balaban J connectivity index is 1.81. The van der Waals surface area contributed by atoms with Crippen LogP contribution in [-0.2, 0) is 9.84 Å². The number of aromatic nitrogens is 1. The number of ether oxygens (including phenoxy) is 1. The molecule has 0 radical (unpaired) electrons.